The molecule has 1 N–H and O–H groups in total. The molecule has 0 spiro atoms. The van der Waals surface area contributed by atoms with Gasteiger partial charge in [-0.25, -0.2) is 12.7 Å². The van der Waals surface area contributed by atoms with Crippen LogP contribution in [0.5, 0.6) is 0 Å². The van der Waals surface area contributed by atoms with E-state index >= 15 is 0 Å². The molecule has 3 aromatic carbocycles. The Bertz CT molecular complexity index is 1390. The van der Waals surface area contributed by atoms with Crippen LogP contribution in [0.3, 0.4) is 0 Å². The Labute approximate surface area is 194 Å². The van der Waals surface area contributed by atoms with E-state index in [2.05, 4.69) is 5.32 Å². The van der Waals surface area contributed by atoms with E-state index in [1.807, 2.05) is 66.1 Å². The Morgan fingerprint density at radius 2 is 1.61 bits per heavy atom. The number of nitrogens with one attached hydrogen (secondary N) is 1. The Morgan fingerprint density at radius 1 is 0.909 bits per heavy atom. The molecule has 0 saturated heterocycles. The molecule has 1 heterocycles. The maximum Gasteiger partial charge on any atom is 0.268 e. The third-order valence-corrected chi connectivity index (χ3v) is 7.45. The summed E-state index contributed by atoms with van der Waals surface area (Å²) in [6, 6.07) is 24.6. The molecule has 4 aromatic rings. The molecule has 1 amide bonds. The van der Waals surface area contributed by atoms with Crippen molar-refractivity contribution in [3.63, 3.8) is 0 Å². The summed E-state index contributed by atoms with van der Waals surface area (Å²) in [6.45, 7) is 2.93. The van der Waals surface area contributed by atoms with Gasteiger partial charge in [0, 0.05) is 38.1 Å². The van der Waals surface area contributed by atoms with Crippen LogP contribution < -0.4 is 5.32 Å². The largest absolute Gasteiger partial charge is 0.347 e. The minimum absolute atomic E-state index is 0.198. The first-order chi connectivity index (χ1) is 15.8. The van der Waals surface area contributed by atoms with E-state index in [0.29, 0.717) is 24.2 Å². The normalized spacial score (nSPS) is 11.8. The SMILES string of the molecule is Cc1ccc(CNC(=O)c2cc3cc(S(=O)(=O)N(C)C)ccc3n2Cc2ccccc2)cc1. The number of carbonyl (C=O) groups excluding carboxylic acids is 1. The number of nitrogens with zero attached hydrogens (tertiary/aromatic N) is 2. The zero-order valence-corrected chi connectivity index (χ0v) is 19.8. The summed E-state index contributed by atoms with van der Waals surface area (Å²) in [6.07, 6.45) is 0. The van der Waals surface area contributed by atoms with E-state index in [-0.39, 0.29) is 10.8 Å². The molecule has 0 aliphatic heterocycles. The monoisotopic (exact) mass is 461 g/mol. The summed E-state index contributed by atoms with van der Waals surface area (Å²) < 4.78 is 28.3. The summed E-state index contributed by atoms with van der Waals surface area (Å²) in [7, 11) is -0.569. The second-order valence-electron chi connectivity index (χ2n) is 8.28. The summed E-state index contributed by atoms with van der Waals surface area (Å²) >= 11 is 0. The Balaban J connectivity index is 1.73. The lowest BCUT2D eigenvalue weighted by Crippen LogP contribution is -2.25. The average Bonchev–Trinajstić information content (AvgIpc) is 3.16. The van der Waals surface area contributed by atoms with Crippen LogP contribution in [0.1, 0.15) is 27.2 Å². The van der Waals surface area contributed by atoms with E-state index in [4.69, 9.17) is 0 Å². The number of amides is 1. The first-order valence-electron chi connectivity index (χ1n) is 10.7. The number of rotatable bonds is 7. The molecule has 0 radical (unpaired) electrons. The van der Waals surface area contributed by atoms with E-state index in [0.717, 1.165) is 22.2 Å². The van der Waals surface area contributed by atoms with Gasteiger partial charge in [0.25, 0.3) is 5.91 Å². The molecular formula is C26H27N3O3S. The minimum atomic E-state index is -3.58. The van der Waals surface area contributed by atoms with Gasteiger partial charge in [0.05, 0.1) is 4.90 Å². The maximum atomic E-state index is 13.2. The average molecular weight is 462 g/mol. The molecule has 4 rings (SSSR count). The fourth-order valence-electron chi connectivity index (χ4n) is 3.72. The summed E-state index contributed by atoms with van der Waals surface area (Å²) in [5.41, 5.74) is 4.51. The van der Waals surface area contributed by atoms with Crippen molar-refractivity contribution in [2.75, 3.05) is 14.1 Å². The van der Waals surface area contributed by atoms with E-state index < -0.39 is 10.0 Å². The Kier molecular flexibility index (Phi) is 6.35. The highest BCUT2D eigenvalue weighted by Crippen LogP contribution is 2.26. The lowest BCUT2D eigenvalue weighted by atomic mass is 10.1. The van der Waals surface area contributed by atoms with Crippen molar-refractivity contribution in [2.45, 2.75) is 24.9 Å². The fraction of sp³-hybridized carbons (Fsp3) is 0.192. The third-order valence-electron chi connectivity index (χ3n) is 5.64. The number of carbonyl (C=O) groups is 1. The van der Waals surface area contributed by atoms with Gasteiger partial charge in [-0.15, -0.1) is 0 Å². The molecule has 0 bridgehead atoms. The quantitative estimate of drug-likeness (QED) is 0.449. The molecule has 7 heteroatoms. The van der Waals surface area contributed by atoms with Crippen LogP contribution in [-0.4, -0.2) is 37.3 Å². The van der Waals surface area contributed by atoms with Crippen molar-refractivity contribution in [3.8, 4) is 0 Å². The molecule has 0 aliphatic rings. The van der Waals surface area contributed by atoms with Crippen LogP contribution >= 0.6 is 0 Å². The second-order valence-corrected chi connectivity index (χ2v) is 10.4. The summed E-state index contributed by atoms with van der Waals surface area (Å²) in [5, 5.41) is 3.70. The van der Waals surface area contributed by atoms with E-state index in [1.54, 1.807) is 24.3 Å². The molecule has 6 nitrogen and oxygen atoms in total. The molecule has 0 fully saturated rings. The first kappa shape index (κ1) is 22.8. The zero-order chi connectivity index (χ0) is 23.6. The predicted molar refractivity (Wildman–Crippen MR) is 131 cm³/mol. The van der Waals surface area contributed by atoms with Crippen molar-refractivity contribution in [1.29, 1.82) is 0 Å². The van der Waals surface area contributed by atoms with Crippen molar-refractivity contribution in [3.05, 3.63) is 101 Å². The molecule has 1 aromatic heterocycles. The van der Waals surface area contributed by atoms with Crippen LogP contribution in [0.4, 0.5) is 0 Å². The fourth-order valence-corrected chi connectivity index (χ4v) is 4.66. The number of hydrogen-bond donors (Lipinski definition) is 1. The van der Waals surface area contributed by atoms with Crippen molar-refractivity contribution in [1.82, 2.24) is 14.2 Å². The van der Waals surface area contributed by atoms with Gasteiger partial charge in [-0.05, 0) is 42.3 Å². The maximum absolute atomic E-state index is 13.2. The Hall–Kier alpha value is -3.42. The number of aryl methyl sites for hydroxylation is 1. The molecule has 33 heavy (non-hydrogen) atoms. The zero-order valence-electron chi connectivity index (χ0n) is 18.9. The third kappa shape index (κ3) is 4.84. The number of fused-ring (bicyclic) bond motifs is 1. The summed E-state index contributed by atoms with van der Waals surface area (Å²) in [4.78, 5) is 13.4. The van der Waals surface area contributed by atoms with Crippen LogP contribution in [0.2, 0.25) is 0 Å². The van der Waals surface area contributed by atoms with Gasteiger partial charge in [0.2, 0.25) is 10.0 Å². The molecule has 0 aliphatic carbocycles. The highest BCUT2D eigenvalue weighted by molar-refractivity contribution is 7.89. The molecule has 170 valence electrons. The standard InChI is InChI=1S/C26H27N3O3S/c1-19-9-11-20(12-10-19)17-27-26(30)25-16-22-15-23(33(31,32)28(2)3)13-14-24(22)29(25)18-21-7-5-4-6-8-21/h4-16H,17-18H2,1-3H3,(H,27,30). The number of aromatic nitrogens is 1. The topological polar surface area (TPSA) is 71.4 Å². The Morgan fingerprint density at radius 3 is 2.27 bits per heavy atom. The predicted octanol–water partition coefficient (Wildman–Crippen LogP) is 4.18. The number of benzene rings is 3. The van der Waals surface area contributed by atoms with Crippen molar-refractivity contribution < 1.29 is 13.2 Å². The lowest BCUT2D eigenvalue weighted by molar-refractivity contribution is 0.0942. The number of sulfonamides is 1. The van der Waals surface area contributed by atoms with Gasteiger partial charge in [-0.1, -0.05) is 60.2 Å². The van der Waals surface area contributed by atoms with Crippen molar-refractivity contribution >= 4 is 26.8 Å². The molecule has 0 saturated carbocycles. The van der Waals surface area contributed by atoms with E-state index in [1.165, 1.54) is 18.4 Å². The van der Waals surface area contributed by atoms with Gasteiger partial charge >= 0.3 is 0 Å². The molecule has 0 atom stereocenters. The number of hydrogen-bond acceptors (Lipinski definition) is 3. The van der Waals surface area contributed by atoms with Gasteiger partial charge < -0.3 is 9.88 Å². The van der Waals surface area contributed by atoms with Crippen LogP contribution in [0.15, 0.2) is 83.8 Å². The second kappa shape index (κ2) is 9.21. The van der Waals surface area contributed by atoms with Gasteiger partial charge in [0.1, 0.15) is 5.69 Å². The van der Waals surface area contributed by atoms with Crippen molar-refractivity contribution in [2.24, 2.45) is 0 Å². The highest BCUT2D eigenvalue weighted by Gasteiger charge is 2.21. The van der Waals surface area contributed by atoms with Gasteiger partial charge in [0.15, 0.2) is 0 Å². The minimum Gasteiger partial charge on any atom is -0.347 e. The highest BCUT2D eigenvalue weighted by atomic mass is 32.2. The molecule has 0 unspecified atom stereocenters. The van der Waals surface area contributed by atoms with Crippen LogP contribution in [0.25, 0.3) is 10.9 Å². The smallest absolute Gasteiger partial charge is 0.268 e. The first-order valence-corrected chi connectivity index (χ1v) is 12.1. The van der Waals surface area contributed by atoms with Crippen LogP contribution in [-0.2, 0) is 23.1 Å². The molecular weight excluding hydrogens is 434 g/mol. The summed E-state index contributed by atoms with van der Waals surface area (Å²) in [5.74, 6) is -0.209. The van der Waals surface area contributed by atoms with E-state index in [9.17, 15) is 13.2 Å². The van der Waals surface area contributed by atoms with Gasteiger partial charge in [-0.3, -0.25) is 4.79 Å². The lowest BCUT2D eigenvalue weighted by Gasteiger charge is -2.13. The van der Waals surface area contributed by atoms with Gasteiger partial charge in [-0.2, -0.15) is 0 Å². The van der Waals surface area contributed by atoms with Crippen LogP contribution in [0, 0.1) is 6.92 Å².